The molecule has 3 amide bonds. The molecule has 11 heteroatoms. The van der Waals surface area contributed by atoms with Gasteiger partial charge in [0, 0.05) is 42.7 Å². The van der Waals surface area contributed by atoms with Gasteiger partial charge in [-0.15, -0.1) is 0 Å². The van der Waals surface area contributed by atoms with Crippen LogP contribution in [-0.4, -0.2) is 90.0 Å². The van der Waals surface area contributed by atoms with Crippen molar-refractivity contribution < 1.29 is 23.2 Å². The fraction of sp³-hybridized carbons (Fsp3) is 0.459. The van der Waals surface area contributed by atoms with E-state index in [0.717, 1.165) is 29.9 Å². The van der Waals surface area contributed by atoms with E-state index in [4.69, 9.17) is 0 Å². The van der Waals surface area contributed by atoms with Crippen molar-refractivity contribution in [2.75, 3.05) is 38.1 Å². The Kier molecular flexibility index (Phi) is 9.78. The largest absolute Gasteiger partial charge is 0.368 e. The van der Waals surface area contributed by atoms with Crippen LogP contribution in [0.4, 0.5) is 14.5 Å². The third kappa shape index (κ3) is 7.51. The van der Waals surface area contributed by atoms with Crippen LogP contribution in [0.1, 0.15) is 67.7 Å². The van der Waals surface area contributed by atoms with Crippen LogP contribution in [0, 0.1) is 11.7 Å². The molecule has 2 aliphatic heterocycles. The maximum atomic E-state index is 14.7. The first-order valence-corrected chi connectivity index (χ1v) is 16.8. The first-order valence-electron chi connectivity index (χ1n) is 16.8. The second kappa shape index (κ2) is 14.0. The number of nitrogens with one attached hydrogen (secondary N) is 2. The summed E-state index contributed by atoms with van der Waals surface area (Å²) in [7, 11) is 2.17. The van der Waals surface area contributed by atoms with E-state index in [1.807, 2.05) is 6.92 Å². The predicted molar refractivity (Wildman–Crippen MR) is 183 cm³/mol. The molecule has 1 aliphatic carbocycles. The first-order chi connectivity index (χ1) is 23.0. The SMILES string of the molecule is C[C@H](NC(=O)[C@@H]1C[C@@H](F)CN1C(=O)CNC(=O)c1ccc2cc(F)ccc2n1)c1ccc(N2C[C@@H](C)N(C)[C@@H](C)C2)cc1/C=C/C1CC1. The smallest absolute Gasteiger partial charge is 0.270 e. The minimum atomic E-state index is -1.36. The summed E-state index contributed by atoms with van der Waals surface area (Å²) in [5, 5.41) is 6.11. The highest BCUT2D eigenvalue weighted by Gasteiger charge is 2.40. The van der Waals surface area contributed by atoms with Gasteiger partial charge in [-0.05, 0) is 94.1 Å². The van der Waals surface area contributed by atoms with Crippen LogP contribution in [0.5, 0.6) is 0 Å². The highest BCUT2D eigenvalue weighted by molar-refractivity contribution is 5.97. The Hall–Kier alpha value is -4.38. The molecule has 9 nitrogen and oxygen atoms in total. The highest BCUT2D eigenvalue weighted by Crippen LogP contribution is 2.33. The van der Waals surface area contributed by atoms with E-state index in [0.29, 0.717) is 28.9 Å². The predicted octanol–water partition coefficient (Wildman–Crippen LogP) is 4.87. The number of piperazine rings is 1. The maximum Gasteiger partial charge on any atom is 0.270 e. The Morgan fingerprint density at radius 2 is 1.77 bits per heavy atom. The molecule has 0 radical (unpaired) electrons. The number of pyridine rings is 1. The standard InChI is InChI=1S/C37H44F2N6O3/c1-22-19-44(20-23(2)43(22)4)30-11-12-31(26(16-30)8-7-25-5-6-25)24(3)41-37(48)34-17-29(39)21-45(34)35(46)18-40-36(47)33-13-9-27-15-28(38)10-14-32(27)42-33/h7-16,22-25,29,34H,5-6,17-21H2,1-4H3,(H,40,47)(H,41,48)/b8-7+/t22-,23+,24-,29+,34-/m0/s1. The lowest BCUT2D eigenvalue weighted by Gasteiger charge is -2.43. The van der Waals surface area contributed by atoms with Crippen molar-refractivity contribution in [2.24, 2.45) is 5.92 Å². The van der Waals surface area contributed by atoms with Crippen LogP contribution < -0.4 is 15.5 Å². The highest BCUT2D eigenvalue weighted by atomic mass is 19.1. The lowest BCUT2D eigenvalue weighted by molar-refractivity contribution is -0.138. The molecule has 1 aromatic heterocycles. The molecule has 5 atom stereocenters. The number of fused-ring (bicyclic) bond motifs is 1. The zero-order chi connectivity index (χ0) is 34.1. The number of carbonyl (C=O) groups is 3. The monoisotopic (exact) mass is 658 g/mol. The fourth-order valence-corrected chi connectivity index (χ4v) is 6.71. The van der Waals surface area contributed by atoms with Gasteiger partial charge in [-0.2, -0.15) is 0 Å². The second-order valence-corrected chi connectivity index (χ2v) is 13.6. The van der Waals surface area contributed by atoms with Gasteiger partial charge in [0.25, 0.3) is 5.91 Å². The van der Waals surface area contributed by atoms with Gasteiger partial charge in [0.15, 0.2) is 0 Å². The van der Waals surface area contributed by atoms with Crippen LogP contribution in [0.25, 0.3) is 17.0 Å². The number of amides is 3. The Morgan fingerprint density at radius 1 is 1.02 bits per heavy atom. The van der Waals surface area contributed by atoms with Crippen molar-refractivity contribution in [1.82, 2.24) is 25.4 Å². The van der Waals surface area contributed by atoms with E-state index in [1.165, 1.54) is 42.0 Å². The number of rotatable bonds is 9. The third-order valence-electron chi connectivity index (χ3n) is 9.95. The van der Waals surface area contributed by atoms with Gasteiger partial charge < -0.3 is 20.4 Å². The zero-order valence-electron chi connectivity index (χ0n) is 28.0. The molecule has 3 fully saturated rings. The summed E-state index contributed by atoms with van der Waals surface area (Å²) in [5.74, 6) is -1.43. The van der Waals surface area contributed by atoms with Crippen molar-refractivity contribution >= 4 is 40.4 Å². The van der Waals surface area contributed by atoms with Crippen LogP contribution in [-0.2, 0) is 9.59 Å². The number of hydrogen-bond donors (Lipinski definition) is 2. The van der Waals surface area contributed by atoms with E-state index < -0.39 is 48.3 Å². The van der Waals surface area contributed by atoms with E-state index in [-0.39, 0.29) is 18.7 Å². The summed E-state index contributed by atoms with van der Waals surface area (Å²) in [6, 6.07) is 12.9. The molecule has 6 rings (SSSR count). The van der Waals surface area contributed by atoms with E-state index in [2.05, 4.69) is 76.7 Å². The average molecular weight is 659 g/mol. The van der Waals surface area contributed by atoms with Gasteiger partial charge in [-0.1, -0.05) is 24.3 Å². The molecular formula is C37H44F2N6O3. The molecule has 3 heterocycles. The topological polar surface area (TPSA) is 97.9 Å². The van der Waals surface area contributed by atoms with E-state index in [1.54, 1.807) is 6.07 Å². The van der Waals surface area contributed by atoms with Crippen molar-refractivity contribution in [2.45, 2.75) is 70.4 Å². The normalized spacial score (nSPS) is 23.9. The number of anilines is 1. The molecule has 0 bridgehead atoms. The van der Waals surface area contributed by atoms with Gasteiger partial charge in [0.1, 0.15) is 23.7 Å². The number of alkyl halides is 1. The Labute approximate surface area is 280 Å². The quantitative estimate of drug-likeness (QED) is 0.341. The van der Waals surface area contributed by atoms with E-state index >= 15 is 0 Å². The molecule has 254 valence electrons. The molecule has 1 saturated carbocycles. The number of aromatic nitrogens is 1. The van der Waals surface area contributed by atoms with Crippen molar-refractivity contribution in [3.63, 3.8) is 0 Å². The van der Waals surface area contributed by atoms with Gasteiger partial charge in [0.2, 0.25) is 11.8 Å². The van der Waals surface area contributed by atoms with Crippen LogP contribution in [0.3, 0.4) is 0 Å². The number of likely N-dealkylation sites (N-methyl/N-ethyl adjacent to an activating group) is 1. The summed E-state index contributed by atoms with van der Waals surface area (Å²) in [4.78, 5) is 49.8. The molecule has 3 aliphatic rings. The lowest BCUT2D eigenvalue weighted by Crippen LogP contribution is -2.55. The number of likely N-dealkylation sites (tertiary alicyclic amines) is 1. The molecule has 2 N–H and O–H groups in total. The second-order valence-electron chi connectivity index (χ2n) is 13.6. The lowest BCUT2D eigenvalue weighted by atomic mass is 9.98. The Bertz CT molecular complexity index is 1720. The summed E-state index contributed by atoms with van der Waals surface area (Å²) in [6.45, 7) is 7.58. The Balaban J connectivity index is 1.11. The summed E-state index contributed by atoms with van der Waals surface area (Å²) < 4.78 is 28.2. The summed E-state index contributed by atoms with van der Waals surface area (Å²) in [5.41, 5.74) is 3.62. The van der Waals surface area contributed by atoms with Crippen molar-refractivity contribution in [3.8, 4) is 0 Å². The van der Waals surface area contributed by atoms with E-state index in [9.17, 15) is 23.2 Å². The molecule has 0 spiro atoms. The van der Waals surface area contributed by atoms with Gasteiger partial charge >= 0.3 is 0 Å². The number of nitrogens with zero attached hydrogens (tertiary/aromatic N) is 4. The summed E-state index contributed by atoms with van der Waals surface area (Å²) in [6.07, 6.45) is 5.27. The molecular weight excluding hydrogens is 614 g/mol. The number of allylic oxidation sites excluding steroid dienone is 1. The maximum absolute atomic E-state index is 14.7. The molecule has 48 heavy (non-hydrogen) atoms. The van der Waals surface area contributed by atoms with Crippen LogP contribution in [0.2, 0.25) is 0 Å². The van der Waals surface area contributed by atoms with Crippen LogP contribution >= 0.6 is 0 Å². The third-order valence-corrected chi connectivity index (χ3v) is 9.95. The minimum absolute atomic E-state index is 0.0593. The molecule has 0 unspecified atom stereocenters. The molecule has 3 aromatic rings. The van der Waals surface area contributed by atoms with Gasteiger partial charge in [0.05, 0.1) is 24.6 Å². The molecule has 2 aromatic carbocycles. The van der Waals surface area contributed by atoms with Gasteiger partial charge in [-0.25, -0.2) is 13.8 Å². The van der Waals surface area contributed by atoms with Crippen molar-refractivity contribution in [1.29, 1.82) is 0 Å². The van der Waals surface area contributed by atoms with Gasteiger partial charge in [-0.3, -0.25) is 19.3 Å². The Morgan fingerprint density at radius 3 is 2.50 bits per heavy atom. The average Bonchev–Trinajstić information content (AvgIpc) is 3.82. The number of benzene rings is 2. The number of hydrogen-bond acceptors (Lipinski definition) is 6. The fourth-order valence-electron chi connectivity index (χ4n) is 6.71. The van der Waals surface area contributed by atoms with Crippen molar-refractivity contribution in [3.05, 3.63) is 77.2 Å². The summed E-state index contributed by atoms with van der Waals surface area (Å²) >= 11 is 0. The minimum Gasteiger partial charge on any atom is -0.368 e. The number of carbonyl (C=O) groups excluding carboxylic acids is 3. The zero-order valence-corrected chi connectivity index (χ0v) is 28.0. The van der Waals surface area contributed by atoms with Crippen LogP contribution in [0.15, 0.2) is 54.6 Å². The molecule has 2 saturated heterocycles. The number of halogens is 2. The first kappa shape index (κ1) is 33.5.